The Kier molecular flexibility index (Phi) is 11.6. The number of aromatic amines is 2. The number of nitrogens with zero attached hydrogens (tertiary/aromatic N) is 2. The Hall–Kier alpha value is -11.5. The van der Waals surface area contributed by atoms with Gasteiger partial charge in [-0.15, -0.1) is 0 Å². The van der Waals surface area contributed by atoms with E-state index >= 15 is 0 Å². The molecular weight excluding hydrogens is 1080 g/mol. The number of hydrogen-bond acceptors (Lipinski definition) is 6. The molecule has 14 aromatic rings. The lowest BCUT2D eigenvalue weighted by Gasteiger charge is -2.11. The summed E-state index contributed by atoms with van der Waals surface area (Å²) >= 11 is 0. The molecule has 0 spiro atoms. The third-order valence-corrected chi connectivity index (χ3v) is 18.1. The third kappa shape index (κ3) is 7.99. The van der Waals surface area contributed by atoms with Crippen LogP contribution in [0.2, 0.25) is 0 Å². The fraction of sp³-hybridized carbons (Fsp3) is 0.0500. The average Bonchev–Trinajstić information content (AvgIpc) is 1.70. The van der Waals surface area contributed by atoms with E-state index in [1.807, 2.05) is 48.5 Å². The number of rotatable bonds is 8. The van der Waals surface area contributed by atoms with E-state index in [4.69, 9.17) is 28.9 Å². The van der Waals surface area contributed by atoms with Crippen LogP contribution in [0.3, 0.4) is 0 Å². The van der Waals surface area contributed by atoms with E-state index < -0.39 is 0 Å². The van der Waals surface area contributed by atoms with Gasteiger partial charge < -0.3 is 28.9 Å². The zero-order chi connectivity index (χ0) is 58.7. The number of aromatic nitrogens is 4. The number of hydrogen-bond donors (Lipinski definition) is 2. The van der Waals surface area contributed by atoms with Gasteiger partial charge in [-0.05, 0) is 162 Å². The summed E-state index contributed by atoms with van der Waals surface area (Å²) in [6.07, 6.45) is 0. The van der Waals surface area contributed by atoms with Gasteiger partial charge in [-0.2, -0.15) is 0 Å². The van der Waals surface area contributed by atoms with Gasteiger partial charge >= 0.3 is 0 Å². The number of H-pyrrole nitrogens is 2. The highest BCUT2D eigenvalue weighted by atomic mass is 16.5. The highest BCUT2D eigenvalue weighted by Gasteiger charge is 2.31. The van der Waals surface area contributed by atoms with Crippen molar-refractivity contribution in [3.63, 3.8) is 0 Å². The van der Waals surface area contributed by atoms with Gasteiger partial charge in [0.1, 0.15) is 23.0 Å². The van der Waals surface area contributed by atoms with Crippen LogP contribution in [-0.4, -0.2) is 48.4 Å². The first-order valence-electron chi connectivity index (χ1n) is 29.6. The first kappa shape index (κ1) is 51.0. The van der Waals surface area contributed by atoms with Crippen LogP contribution >= 0.6 is 0 Å². The van der Waals surface area contributed by atoms with E-state index in [1.54, 1.807) is 28.4 Å². The lowest BCUT2D eigenvalue weighted by atomic mass is 9.91. The van der Waals surface area contributed by atoms with Crippen molar-refractivity contribution >= 4 is 86.7 Å². The summed E-state index contributed by atoms with van der Waals surface area (Å²) < 4.78 is 23.6. The molecular formula is C80H54N4O4. The van der Waals surface area contributed by atoms with E-state index in [0.717, 1.165) is 199 Å². The van der Waals surface area contributed by atoms with Crippen molar-refractivity contribution < 1.29 is 18.9 Å². The Morgan fingerprint density at radius 1 is 0.239 bits per heavy atom. The Morgan fingerprint density at radius 2 is 0.432 bits per heavy atom. The molecule has 0 radical (unpaired) electrons. The average molecular weight is 1140 g/mol. The second-order valence-corrected chi connectivity index (χ2v) is 22.8. The van der Waals surface area contributed by atoms with Crippen LogP contribution in [0.25, 0.3) is 176 Å². The zero-order valence-corrected chi connectivity index (χ0v) is 48.6. The summed E-state index contributed by atoms with van der Waals surface area (Å²) in [6, 6.07) is 87.0. The molecule has 3 aliphatic rings. The number of methoxy groups -OCH3 is 4. The molecule has 8 nitrogen and oxygen atoms in total. The monoisotopic (exact) mass is 1130 g/mol. The smallest absolute Gasteiger partial charge is 0.118 e. The maximum absolute atomic E-state index is 6.20. The van der Waals surface area contributed by atoms with Crippen molar-refractivity contribution in [3.8, 4) is 113 Å². The van der Waals surface area contributed by atoms with Crippen molar-refractivity contribution in [2.75, 3.05) is 28.4 Å². The fourth-order valence-corrected chi connectivity index (χ4v) is 13.7. The minimum atomic E-state index is 0.753. The van der Waals surface area contributed by atoms with E-state index in [1.165, 1.54) is 0 Å². The Morgan fingerprint density at radius 3 is 0.625 bits per heavy atom. The van der Waals surface area contributed by atoms with Crippen molar-refractivity contribution in [1.82, 2.24) is 19.9 Å². The summed E-state index contributed by atoms with van der Waals surface area (Å²) in [5.74, 6) is 3.01. The normalized spacial score (nSPS) is 11.9. The van der Waals surface area contributed by atoms with E-state index in [-0.39, 0.29) is 0 Å². The second-order valence-electron chi connectivity index (χ2n) is 22.8. The summed E-state index contributed by atoms with van der Waals surface area (Å²) in [5, 5.41) is 13.0. The van der Waals surface area contributed by atoms with Crippen molar-refractivity contribution in [2.24, 2.45) is 0 Å². The number of nitrogens with one attached hydrogen (secondary N) is 2. The molecule has 0 atom stereocenters. The molecule has 2 aliphatic heterocycles. The largest absolute Gasteiger partial charge is 0.497 e. The molecule has 0 fully saturated rings. The molecule has 12 aromatic carbocycles. The zero-order valence-electron chi connectivity index (χ0n) is 48.6. The maximum Gasteiger partial charge on any atom is 0.118 e. The Labute approximate surface area is 506 Å². The van der Waals surface area contributed by atoms with Crippen molar-refractivity contribution in [1.29, 1.82) is 0 Å². The summed E-state index contributed by atoms with van der Waals surface area (Å²) in [6.45, 7) is 0. The van der Waals surface area contributed by atoms with Gasteiger partial charge in [0.2, 0.25) is 0 Å². The predicted molar refractivity (Wildman–Crippen MR) is 363 cm³/mol. The van der Waals surface area contributed by atoms with Gasteiger partial charge in [0.15, 0.2) is 0 Å². The van der Waals surface area contributed by atoms with Gasteiger partial charge in [-0.1, -0.05) is 146 Å². The molecule has 0 saturated carbocycles. The first-order chi connectivity index (χ1) is 43.4. The minimum Gasteiger partial charge on any atom is -0.497 e. The summed E-state index contributed by atoms with van der Waals surface area (Å²) in [4.78, 5) is 21.0. The molecule has 17 rings (SSSR count). The molecule has 4 heterocycles. The minimum absolute atomic E-state index is 0.753. The van der Waals surface area contributed by atoms with Crippen LogP contribution in [0, 0.1) is 0 Å². The van der Waals surface area contributed by atoms with Gasteiger partial charge in [0.25, 0.3) is 0 Å². The second kappa shape index (κ2) is 20.1. The number of ether oxygens (including phenoxy) is 4. The standard InChI is InChI=1S/C80H54N4O4/c1-85-57-29-21-45(22-30-57)69-73-61-37-49-13-5-7-15-51(49)39-63(61)75(81-73)70(46-23-31-58(86-2)32-24-46)77-65-41-53-17-9-11-19-55(53)43-67(65)79(83-77)72(48-27-35-60(88-4)36-28-48)80-68-44-56-20-12-10-18-54(56)42-66(68)78(84-80)71(47-25-33-59(87-3)34-26-47)76-64-40-52-16-8-6-14-50(52)38-62(64)74(69)82-76/h5-44,81,84H,1-4H3. The summed E-state index contributed by atoms with van der Waals surface area (Å²) in [5.41, 5.74) is 18.5. The molecule has 0 unspecified atom stereocenters. The van der Waals surface area contributed by atoms with Crippen LogP contribution in [0.5, 0.6) is 23.0 Å². The van der Waals surface area contributed by atoms with Crippen LogP contribution in [-0.2, 0) is 0 Å². The van der Waals surface area contributed by atoms with Gasteiger partial charge in [-0.3, -0.25) is 0 Å². The molecule has 2 aromatic heterocycles. The molecule has 8 heteroatoms. The molecule has 418 valence electrons. The highest BCUT2D eigenvalue weighted by molar-refractivity contribution is 6.25. The van der Waals surface area contributed by atoms with Crippen molar-refractivity contribution in [3.05, 3.63) is 243 Å². The van der Waals surface area contributed by atoms with E-state index in [2.05, 4.69) is 204 Å². The topological polar surface area (TPSA) is 94.3 Å². The SMILES string of the molecule is COc1ccc(-c2c3nc(c(-c4ccc(OC)cc4)c4[nH]c(c(-c5ccc(OC)cc5)c5nc(c(-c6ccc(OC)cc6)c6[nH]c2c2cc7ccccc7cc62)-c2cc6ccccc6cc2-5)c2cc5ccccc5cc42)-c2cc4ccccc4cc2-3)cc1. The molecule has 0 amide bonds. The Bertz CT molecular complexity index is 4910. The van der Waals surface area contributed by atoms with Crippen LogP contribution in [0.15, 0.2) is 243 Å². The van der Waals surface area contributed by atoms with Crippen LogP contribution in [0.1, 0.15) is 0 Å². The molecule has 88 heavy (non-hydrogen) atoms. The summed E-state index contributed by atoms with van der Waals surface area (Å²) in [7, 11) is 6.86. The van der Waals surface area contributed by atoms with Gasteiger partial charge in [-0.25, -0.2) is 9.97 Å². The quantitative estimate of drug-likeness (QED) is 0.157. The molecule has 0 saturated heterocycles. The predicted octanol–water partition coefficient (Wildman–Crippen LogP) is 20.6. The number of fused-ring (bicyclic) bond motifs is 4. The lowest BCUT2D eigenvalue weighted by molar-refractivity contribution is 0.415. The molecule has 8 bridgehead atoms. The van der Waals surface area contributed by atoms with Gasteiger partial charge in [0.05, 0.1) is 73.3 Å². The third-order valence-electron chi connectivity index (χ3n) is 18.1. The fourth-order valence-electron chi connectivity index (χ4n) is 13.7. The van der Waals surface area contributed by atoms with E-state index in [0.29, 0.717) is 0 Å². The van der Waals surface area contributed by atoms with Crippen LogP contribution < -0.4 is 18.9 Å². The lowest BCUT2D eigenvalue weighted by Crippen LogP contribution is -1.89. The van der Waals surface area contributed by atoms with E-state index in [9.17, 15) is 0 Å². The number of benzene rings is 12. The first-order valence-corrected chi connectivity index (χ1v) is 29.6. The van der Waals surface area contributed by atoms with Gasteiger partial charge in [0, 0.05) is 66.1 Å². The van der Waals surface area contributed by atoms with Crippen molar-refractivity contribution in [2.45, 2.75) is 0 Å². The Balaban J connectivity index is 1.22. The maximum atomic E-state index is 6.20. The van der Waals surface area contributed by atoms with Crippen LogP contribution in [0.4, 0.5) is 0 Å². The molecule has 2 N–H and O–H groups in total. The highest BCUT2D eigenvalue weighted by Crippen LogP contribution is 2.54. The molecule has 1 aliphatic carbocycles.